The van der Waals surface area contributed by atoms with Crippen LogP contribution in [0.4, 0.5) is 0 Å². The maximum absolute atomic E-state index is 4.22. The van der Waals surface area contributed by atoms with Gasteiger partial charge in [-0.1, -0.05) is 32.8 Å². The van der Waals surface area contributed by atoms with Gasteiger partial charge in [0, 0.05) is 12.4 Å². The van der Waals surface area contributed by atoms with Gasteiger partial charge in [0.15, 0.2) is 0 Å². The van der Waals surface area contributed by atoms with Crippen molar-refractivity contribution >= 4 is 0 Å². The van der Waals surface area contributed by atoms with Crippen LogP contribution in [-0.2, 0) is 12.8 Å². The van der Waals surface area contributed by atoms with Crippen LogP contribution in [-0.4, -0.2) is 4.98 Å². The van der Waals surface area contributed by atoms with Gasteiger partial charge in [0.1, 0.15) is 0 Å². The summed E-state index contributed by atoms with van der Waals surface area (Å²) in [6, 6.07) is 2.28. The van der Waals surface area contributed by atoms with Crippen molar-refractivity contribution in [3.05, 3.63) is 29.6 Å². The highest BCUT2D eigenvalue weighted by Gasteiger charge is 1.94. The molecule has 0 radical (unpaired) electrons. The van der Waals surface area contributed by atoms with Gasteiger partial charge in [-0.3, -0.25) is 4.98 Å². The summed E-state index contributed by atoms with van der Waals surface area (Å²) in [5.41, 5.74) is 2.76. The molecular weight excluding hydrogens is 146 g/mol. The summed E-state index contributed by atoms with van der Waals surface area (Å²) in [6.45, 7) is 4.40. The summed E-state index contributed by atoms with van der Waals surface area (Å²) in [5.74, 6) is 0. The fourth-order valence-corrected chi connectivity index (χ4v) is 1.39. The summed E-state index contributed by atoms with van der Waals surface area (Å²) in [5, 5.41) is 0. The minimum atomic E-state index is 1.16. The first-order chi connectivity index (χ1) is 5.86. The molecule has 12 heavy (non-hydrogen) atoms. The predicted molar refractivity (Wildman–Crippen MR) is 52.2 cm³/mol. The van der Waals surface area contributed by atoms with Crippen LogP contribution >= 0.6 is 0 Å². The van der Waals surface area contributed by atoms with E-state index in [4.69, 9.17) is 0 Å². The first kappa shape index (κ1) is 9.24. The molecule has 66 valence electrons. The summed E-state index contributed by atoms with van der Waals surface area (Å²) in [6.07, 6.45) is 8.68. The van der Waals surface area contributed by atoms with Crippen LogP contribution in [0.3, 0.4) is 0 Å². The molecule has 0 aliphatic rings. The highest BCUT2D eigenvalue weighted by atomic mass is 14.6. The number of hydrogen-bond acceptors (Lipinski definition) is 1. The van der Waals surface area contributed by atoms with E-state index < -0.39 is 0 Å². The Balaban J connectivity index is 2.67. The third-order valence-electron chi connectivity index (χ3n) is 1.93. The van der Waals surface area contributed by atoms with Gasteiger partial charge in [-0.05, 0) is 24.0 Å². The molecule has 1 heteroatoms. The standard InChI is InChI=1S/C11H17N/c1-3-5-10-7-11(6-4-2)9-12-8-10/h7-9H,3-6H2,1-2H3. The molecule has 0 spiro atoms. The molecule has 0 N–H and O–H groups in total. The van der Waals surface area contributed by atoms with Crippen LogP contribution < -0.4 is 0 Å². The SMILES string of the molecule is CCCc1cncc(CCC)c1. The van der Waals surface area contributed by atoms with Crippen molar-refractivity contribution in [1.82, 2.24) is 4.98 Å². The van der Waals surface area contributed by atoms with Crippen LogP contribution in [0.15, 0.2) is 18.5 Å². The topological polar surface area (TPSA) is 12.9 Å². The minimum Gasteiger partial charge on any atom is -0.264 e. The second-order valence-corrected chi connectivity index (χ2v) is 3.20. The van der Waals surface area contributed by atoms with E-state index in [9.17, 15) is 0 Å². The molecule has 1 nitrogen and oxygen atoms in total. The van der Waals surface area contributed by atoms with Crippen LogP contribution in [0.5, 0.6) is 0 Å². The third kappa shape index (κ3) is 2.65. The molecule has 1 aromatic rings. The predicted octanol–water partition coefficient (Wildman–Crippen LogP) is 2.99. The quantitative estimate of drug-likeness (QED) is 0.665. The maximum atomic E-state index is 4.22. The lowest BCUT2D eigenvalue weighted by atomic mass is 10.1. The smallest absolute Gasteiger partial charge is 0.0300 e. The van der Waals surface area contributed by atoms with Crippen molar-refractivity contribution < 1.29 is 0 Å². The largest absolute Gasteiger partial charge is 0.264 e. The number of aromatic nitrogens is 1. The van der Waals surface area contributed by atoms with Gasteiger partial charge in [0.2, 0.25) is 0 Å². The molecule has 0 saturated carbocycles. The highest BCUT2D eigenvalue weighted by Crippen LogP contribution is 2.06. The van der Waals surface area contributed by atoms with E-state index in [2.05, 4.69) is 24.9 Å². The van der Waals surface area contributed by atoms with E-state index in [0.717, 1.165) is 12.8 Å². The van der Waals surface area contributed by atoms with Gasteiger partial charge in [-0.15, -0.1) is 0 Å². The molecule has 0 aliphatic carbocycles. The second-order valence-electron chi connectivity index (χ2n) is 3.20. The van der Waals surface area contributed by atoms with Crippen molar-refractivity contribution in [3.63, 3.8) is 0 Å². The van der Waals surface area contributed by atoms with E-state index in [1.807, 2.05) is 12.4 Å². The molecule has 1 heterocycles. The first-order valence-corrected chi connectivity index (χ1v) is 4.79. The van der Waals surface area contributed by atoms with Gasteiger partial charge >= 0.3 is 0 Å². The number of rotatable bonds is 4. The van der Waals surface area contributed by atoms with Gasteiger partial charge in [0.25, 0.3) is 0 Å². The highest BCUT2D eigenvalue weighted by molar-refractivity contribution is 5.18. The van der Waals surface area contributed by atoms with E-state index in [-0.39, 0.29) is 0 Å². The average Bonchev–Trinajstić information content (AvgIpc) is 2.06. The van der Waals surface area contributed by atoms with Gasteiger partial charge in [-0.2, -0.15) is 0 Å². The maximum Gasteiger partial charge on any atom is 0.0300 e. The summed E-state index contributed by atoms with van der Waals surface area (Å²) in [4.78, 5) is 4.22. The monoisotopic (exact) mass is 163 g/mol. The van der Waals surface area contributed by atoms with Crippen molar-refractivity contribution in [2.75, 3.05) is 0 Å². The van der Waals surface area contributed by atoms with Crippen LogP contribution in [0.2, 0.25) is 0 Å². The second kappa shape index (κ2) is 4.91. The fraction of sp³-hybridized carbons (Fsp3) is 0.545. The fourth-order valence-electron chi connectivity index (χ4n) is 1.39. The summed E-state index contributed by atoms with van der Waals surface area (Å²) >= 11 is 0. The number of nitrogens with zero attached hydrogens (tertiary/aromatic N) is 1. The van der Waals surface area contributed by atoms with E-state index in [0.29, 0.717) is 0 Å². The Morgan fingerprint density at radius 1 is 1.00 bits per heavy atom. The Morgan fingerprint density at radius 3 is 1.92 bits per heavy atom. The van der Waals surface area contributed by atoms with Crippen LogP contribution in [0, 0.1) is 0 Å². The molecule has 0 atom stereocenters. The lowest BCUT2D eigenvalue weighted by molar-refractivity contribution is 0.882. The molecule has 0 fully saturated rings. The molecular formula is C11H17N. The normalized spacial score (nSPS) is 10.2. The number of aryl methyl sites for hydroxylation is 2. The average molecular weight is 163 g/mol. The zero-order chi connectivity index (χ0) is 8.81. The minimum absolute atomic E-state index is 1.16. The van der Waals surface area contributed by atoms with Crippen molar-refractivity contribution in [2.45, 2.75) is 39.5 Å². The Kier molecular flexibility index (Phi) is 3.78. The van der Waals surface area contributed by atoms with Gasteiger partial charge in [-0.25, -0.2) is 0 Å². The molecule has 0 aromatic carbocycles. The summed E-state index contributed by atoms with van der Waals surface area (Å²) in [7, 11) is 0. The molecule has 0 aliphatic heterocycles. The van der Waals surface area contributed by atoms with E-state index >= 15 is 0 Å². The molecule has 1 rings (SSSR count). The van der Waals surface area contributed by atoms with Crippen LogP contribution in [0.25, 0.3) is 0 Å². The Bertz CT molecular complexity index is 209. The zero-order valence-corrected chi connectivity index (χ0v) is 8.01. The van der Waals surface area contributed by atoms with Gasteiger partial charge in [0.05, 0.1) is 0 Å². The molecule has 0 amide bonds. The molecule has 0 bridgehead atoms. The van der Waals surface area contributed by atoms with Crippen molar-refractivity contribution in [2.24, 2.45) is 0 Å². The van der Waals surface area contributed by atoms with Crippen LogP contribution in [0.1, 0.15) is 37.8 Å². The lowest BCUT2D eigenvalue weighted by Crippen LogP contribution is -1.90. The van der Waals surface area contributed by atoms with E-state index in [1.165, 1.54) is 24.0 Å². The van der Waals surface area contributed by atoms with Crippen molar-refractivity contribution in [1.29, 1.82) is 0 Å². The Hall–Kier alpha value is -0.850. The molecule has 1 aromatic heterocycles. The number of hydrogen-bond donors (Lipinski definition) is 0. The van der Waals surface area contributed by atoms with Crippen molar-refractivity contribution in [3.8, 4) is 0 Å². The lowest BCUT2D eigenvalue weighted by Gasteiger charge is -2.01. The Morgan fingerprint density at radius 2 is 1.50 bits per heavy atom. The first-order valence-electron chi connectivity index (χ1n) is 4.79. The third-order valence-corrected chi connectivity index (χ3v) is 1.93. The molecule has 0 saturated heterocycles. The van der Waals surface area contributed by atoms with E-state index in [1.54, 1.807) is 0 Å². The Labute approximate surface area is 74.8 Å². The zero-order valence-electron chi connectivity index (χ0n) is 8.01. The number of pyridine rings is 1. The summed E-state index contributed by atoms with van der Waals surface area (Å²) < 4.78 is 0. The molecule has 0 unspecified atom stereocenters. The van der Waals surface area contributed by atoms with Gasteiger partial charge < -0.3 is 0 Å².